The number of benzene rings is 1. The van der Waals surface area contributed by atoms with Gasteiger partial charge in [-0.2, -0.15) is 0 Å². The molecule has 0 spiro atoms. The number of hydrogen-bond acceptors (Lipinski definition) is 3. The van der Waals surface area contributed by atoms with Gasteiger partial charge < -0.3 is 9.88 Å². The van der Waals surface area contributed by atoms with Gasteiger partial charge in [0.2, 0.25) is 0 Å². The Hall–Kier alpha value is -1.84. The number of nitrogens with one attached hydrogen (secondary N) is 1. The number of nitrogens with zero attached hydrogens (tertiary/aromatic N) is 3. The third-order valence-corrected chi connectivity index (χ3v) is 3.47. The SMILES string of the molecule is CC(C)n1cnnc1-c1cccc2c1CCCN2. The van der Waals surface area contributed by atoms with Crippen molar-refractivity contribution in [2.24, 2.45) is 0 Å². The van der Waals surface area contributed by atoms with Crippen molar-refractivity contribution in [3.8, 4) is 11.4 Å². The smallest absolute Gasteiger partial charge is 0.164 e. The molecule has 3 rings (SSSR count). The lowest BCUT2D eigenvalue weighted by atomic mass is 9.97. The van der Waals surface area contributed by atoms with Gasteiger partial charge in [-0.25, -0.2) is 0 Å². The van der Waals surface area contributed by atoms with E-state index in [1.54, 1.807) is 0 Å². The molecule has 4 nitrogen and oxygen atoms in total. The summed E-state index contributed by atoms with van der Waals surface area (Å²) in [5.74, 6) is 0.977. The molecule has 4 heteroatoms. The Labute approximate surface area is 107 Å². The fourth-order valence-electron chi connectivity index (χ4n) is 2.53. The van der Waals surface area contributed by atoms with Gasteiger partial charge in [0, 0.05) is 23.8 Å². The minimum Gasteiger partial charge on any atom is -0.385 e. The van der Waals surface area contributed by atoms with Gasteiger partial charge in [0.15, 0.2) is 5.82 Å². The number of hydrogen-bond donors (Lipinski definition) is 1. The standard InChI is InChI=1S/C14H18N4/c1-10(2)18-9-16-17-14(18)12-5-3-7-13-11(12)6-4-8-15-13/h3,5,7,9-10,15H,4,6,8H2,1-2H3. The van der Waals surface area contributed by atoms with E-state index in [4.69, 9.17) is 0 Å². The molecule has 94 valence electrons. The Kier molecular flexibility index (Phi) is 2.78. The maximum Gasteiger partial charge on any atom is 0.164 e. The normalized spacial score (nSPS) is 14.4. The predicted octanol–water partition coefficient (Wildman–Crippen LogP) is 2.88. The first-order valence-electron chi connectivity index (χ1n) is 6.53. The van der Waals surface area contributed by atoms with Gasteiger partial charge in [-0.15, -0.1) is 10.2 Å². The third kappa shape index (κ3) is 1.78. The van der Waals surface area contributed by atoms with E-state index in [2.05, 4.69) is 52.1 Å². The van der Waals surface area contributed by atoms with Gasteiger partial charge in [0.25, 0.3) is 0 Å². The predicted molar refractivity (Wildman–Crippen MR) is 72.7 cm³/mol. The first-order chi connectivity index (χ1) is 8.77. The van der Waals surface area contributed by atoms with E-state index in [1.807, 2.05) is 6.33 Å². The second-order valence-corrected chi connectivity index (χ2v) is 5.02. The van der Waals surface area contributed by atoms with Gasteiger partial charge in [0.05, 0.1) is 0 Å². The highest BCUT2D eigenvalue weighted by Crippen LogP contribution is 2.32. The first-order valence-corrected chi connectivity index (χ1v) is 6.53. The molecule has 0 bridgehead atoms. The summed E-state index contributed by atoms with van der Waals surface area (Å²) in [6, 6.07) is 6.76. The quantitative estimate of drug-likeness (QED) is 0.880. The van der Waals surface area contributed by atoms with E-state index in [0.717, 1.165) is 18.8 Å². The summed E-state index contributed by atoms with van der Waals surface area (Å²) >= 11 is 0. The van der Waals surface area contributed by atoms with E-state index < -0.39 is 0 Å². The molecular formula is C14H18N4. The van der Waals surface area contributed by atoms with Crippen molar-refractivity contribution >= 4 is 5.69 Å². The molecule has 1 aliphatic rings. The third-order valence-electron chi connectivity index (χ3n) is 3.47. The number of rotatable bonds is 2. The largest absolute Gasteiger partial charge is 0.385 e. The van der Waals surface area contributed by atoms with E-state index >= 15 is 0 Å². The molecule has 2 aromatic rings. The highest BCUT2D eigenvalue weighted by molar-refractivity contribution is 5.70. The van der Waals surface area contributed by atoms with Crippen molar-refractivity contribution < 1.29 is 0 Å². The van der Waals surface area contributed by atoms with Crippen molar-refractivity contribution in [2.75, 3.05) is 11.9 Å². The zero-order valence-corrected chi connectivity index (χ0v) is 10.8. The summed E-state index contributed by atoms with van der Waals surface area (Å²) in [6.45, 7) is 5.37. The van der Waals surface area contributed by atoms with Crippen LogP contribution in [0.2, 0.25) is 0 Å². The molecule has 1 aromatic carbocycles. The summed E-state index contributed by atoms with van der Waals surface area (Å²) in [7, 11) is 0. The molecule has 0 amide bonds. The Morgan fingerprint density at radius 2 is 2.22 bits per heavy atom. The highest BCUT2D eigenvalue weighted by Gasteiger charge is 2.17. The minimum atomic E-state index is 0.377. The van der Waals surface area contributed by atoms with Crippen molar-refractivity contribution in [1.82, 2.24) is 14.8 Å². The topological polar surface area (TPSA) is 42.7 Å². The van der Waals surface area contributed by atoms with Crippen LogP contribution in [0.4, 0.5) is 5.69 Å². The van der Waals surface area contributed by atoms with Crippen LogP contribution < -0.4 is 5.32 Å². The van der Waals surface area contributed by atoms with Crippen LogP contribution in [0, 0.1) is 0 Å². The van der Waals surface area contributed by atoms with Crippen LogP contribution in [-0.4, -0.2) is 21.3 Å². The monoisotopic (exact) mass is 242 g/mol. The zero-order valence-electron chi connectivity index (χ0n) is 10.8. The summed E-state index contributed by atoms with van der Waals surface area (Å²) in [4.78, 5) is 0. The Morgan fingerprint density at radius 1 is 1.33 bits per heavy atom. The first kappa shape index (κ1) is 11.3. The van der Waals surface area contributed by atoms with Gasteiger partial charge >= 0.3 is 0 Å². The van der Waals surface area contributed by atoms with Gasteiger partial charge in [-0.3, -0.25) is 0 Å². The molecule has 0 saturated carbocycles. The molecular weight excluding hydrogens is 224 g/mol. The van der Waals surface area contributed by atoms with Crippen molar-refractivity contribution in [3.05, 3.63) is 30.1 Å². The maximum absolute atomic E-state index is 4.30. The molecule has 1 N–H and O–H groups in total. The van der Waals surface area contributed by atoms with Crippen LogP contribution in [0.5, 0.6) is 0 Å². The molecule has 0 atom stereocenters. The van der Waals surface area contributed by atoms with Gasteiger partial charge in [-0.1, -0.05) is 12.1 Å². The molecule has 2 heterocycles. The van der Waals surface area contributed by atoms with Crippen molar-refractivity contribution in [2.45, 2.75) is 32.7 Å². The number of aromatic nitrogens is 3. The van der Waals surface area contributed by atoms with E-state index in [1.165, 1.54) is 23.2 Å². The van der Waals surface area contributed by atoms with Crippen LogP contribution in [0.15, 0.2) is 24.5 Å². The van der Waals surface area contributed by atoms with Gasteiger partial charge in [-0.05, 0) is 38.3 Å². The summed E-state index contributed by atoms with van der Waals surface area (Å²) in [5.41, 5.74) is 3.83. The number of fused-ring (bicyclic) bond motifs is 1. The second kappa shape index (κ2) is 4.44. The lowest BCUT2D eigenvalue weighted by Gasteiger charge is -2.21. The zero-order chi connectivity index (χ0) is 12.5. The summed E-state index contributed by atoms with van der Waals surface area (Å²) in [6.07, 6.45) is 4.11. The lowest BCUT2D eigenvalue weighted by Crippen LogP contribution is -2.13. The van der Waals surface area contributed by atoms with E-state index in [0.29, 0.717) is 6.04 Å². The Morgan fingerprint density at radius 3 is 3.06 bits per heavy atom. The Bertz CT molecular complexity index is 557. The van der Waals surface area contributed by atoms with E-state index in [-0.39, 0.29) is 0 Å². The molecule has 18 heavy (non-hydrogen) atoms. The average molecular weight is 242 g/mol. The average Bonchev–Trinajstić information content (AvgIpc) is 2.87. The van der Waals surface area contributed by atoms with Crippen LogP contribution in [0.25, 0.3) is 11.4 Å². The van der Waals surface area contributed by atoms with Crippen LogP contribution in [0.3, 0.4) is 0 Å². The fraction of sp³-hybridized carbons (Fsp3) is 0.429. The molecule has 0 unspecified atom stereocenters. The fourth-order valence-corrected chi connectivity index (χ4v) is 2.53. The Balaban J connectivity index is 2.14. The van der Waals surface area contributed by atoms with Gasteiger partial charge in [0.1, 0.15) is 6.33 Å². The van der Waals surface area contributed by atoms with E-state index in [9.17, 15) is 0 Å². The molecule has 0 fully saturated rings. The van der Waals surface area contributed by atoms with Crippen molar-refractivity contribution in [1.29, 1.82) is 0 Å². The van der Waals surface area contributed by atoms with Crippen molar-refractivity contribution in [3.63, 3.8) is 0 Å². The molecule has 1 aromatic heterocycles. The summed E-state index contributed by atoms with van der Waals surface area (Å²) in [5, 5.41) is 11.8. The highest BCUT2D eigenvalue weighted by atomic mass is 15.3. The summed E-state index contributed by atoms with van der Waals surface area (Å²) < 4.78 is 2.13. The molecule has 0 saturated heterocycles. The van der Waals surface area contributed by atoms with Crippen LogP contribution >= 0.6 is 0 Å². The second-order valence-electron chi connectivity index (χ2n) is 5.02. The van der Waals surface area contributed by atoms with Crippen LogP contribution in [0.1, 0.15) is 31.9 Å². The minimum absolute atomic E-state index is 0.377. The lowest BCUT2D eigenvalue weighted by molar-refractivity contribution is 0.603. The number of anilines is 1. The maximum atomic E-state index is 4.30. The molecule has 0 aliphatic carbocycles. The molecule has 0 radical (unpaired) electrons. The van der Waals surface area contributed by atoms with Crippen LogP contribution in [-0.2, 0) is 6.42 Å². The molecule has 1 aliphatic heterocycles.